The molecule has 9 heteroatoms. The Morgan fingerprint density at radius 3 is 2.29 bits per heavy atom. The molecule has 0 aliphatic rings. The van der Waals surface area contributed by atoms with Gasteiger partial charge in [-0.15, -0.1) is 13.2 Å². The number of pyridine rings is 1. The zero-order valence-corrected chi connectivity index (χ0v) is 9.56. The zero-order valence-electron chi connectivity index (χ0n) is 7.97. The van der Waals surface area contributed by atoms with Gasteiger partial charge in [0.15, 0.2) is 6.61 Å². The predicted molar refractivity (Wildman–Crippen MR) is 49.5 cm³/mol. The van der Waals surface area contributed by atoms with Crippen LogP contribution in [0.4, 0.5) is 22.0 Å². The van der Waals surface area contributed by atoms with E-state index in [1.165, 1.54) is 12.1 Å². The largest absolute Gasteiger partial charge is 0.527 e. The van der Waals surface area contributed by atoms with E-state index >= 15 is 0 Å². The van der Waals surface area contributed by atoms with Crippen molar-refractivity contribution < 1.29 is 31.4 Å². The molecule has 0 N–H and O–H groups in total. The van der Waals surface area contributed by atoms with E-state index in [-0.39, 0.29) is 5.75 Å². The van der Waals surface area contributed by atoms with Gasteiger partial charge >= 0.3 is 12.5 Å². The molecule has 0 radical (unpaired) electrons. The molecule has 0 fully saturated rings. The summed E-state index contributed by atoms with van der Waals surface area (Å²) in [6, 6.07) is 2.65. The van der Waals surface area contributed by atoms with Gasteiger partial charge in [0.05, 0.1) is 6.20 Å². The van der Waals surface area contributed by atoms with E-state index in [0.717, 1.165) is 6.20 Å². The number of hydrogen-bond donors (Lipinski definition) is 0. The zero-order chi connectivity index (χ0) is 13.1. The maximum atomic E-state index is 12.6. The second kappa shape index (κ2) is 5.13. The molecule has 0 atom stereocenters. The van der Waals surface area contributed by atoms with Crippen molar-refractivity contribution in [2.45, 2.75) is 12.5 Å². The molecule has 0 bridgehead atoms. The molecule has 0 aromatic carbocycles. The van der Waals surface area contributed by atoms with Crippen LogP contribution in [0.15, 0.2) is 22.9 Å². The lowest BCUT2D eigenvalue weighted by Gasteiger charge is -2.18. The molecule has 96 valence electrons. The van der Waals surface area contributed by atoms with Crippen molar-refractivity contribution in [3.05, 3.63) is 22.9 Å². The van der Waals surface area contributed by atoms with Crippen molar-refractivity contribution in [2.75, 3.05) is 6.61 Å². The molecule has 0 aliphatic heterocycles. The molecule has 0 saturated carbocycles. The van der Waals surface area contributed by atoms with Gasteiger partial charge < -0.3 is 4.74 Å². The van der Waals surface area contributed by atoms with Gasteiger partial charge in [0.1, 0.15) is 10.4 Å². The lowest BCUT2D eigenvalue weighted by molar-refractivity contribution is -0.428. The second-order valence-corrected chi connectivity index (χ2v) is 3.60. The monoisotopic (exact) mass is 321 g/mol. The van der Waals surface area contributed by atoms with Crippen LogP contribution in [0.25, 0.3) is 0 Å². The lowest BCUT2D eigenvalue weighted by atomic mass is 10.5. The van der Waals surface area contributed by atoms with Crippen LogP contribution < -0.4 is 4.74 Å². The number of nitrogens with zero attached hydrogens (tertiary/aromatic N) is 1. The summed E-state index contributed by atoms with van der Waals surface area (Å²) in [4.78, 5) is 3.64. The van der Waals surface area contributed by atoms with E-state index in [9.17, 15) is 22.0 Å². The Morgan fingerprint density at radius 1 is 1.18 bits per heavy atom. The Balaban J connectivity index is 2.52. The summed E-state index contributed by atoms with van der Waals surface area (Å²) in [6.45, 7) is -1.56. The third-order valence-electron chi connectivity index (χ3n) is 1.37. The van der Waals surface area contributed by atoms with Gasteiger partial charge in [-0.3, -0.25) is 0 Å². The summed E-state index contributed by atoms with van der Waals surface area (Å²) in [5.74, 6) is -0.0985. The first kappa shape index (κ1) is 14.1. The molecule has 1 heterocycles. The molecule has 3 nitrogen and oxygen atoms in total. The van der Waals surface area contributed by atoms with Gasteiger partial charge in [-0.05, 0) is 28.1 Å². The molecule has 1 aromatic rings. The minimum Gasteiger partial charge on any atom is -0.483 e. The van der Waals surface area contributed by atoms with E-state index in [4.69, 9.17) is 0 Å². The Hall–Kier alpha value is -0.960. The molecular formula is C8H5BrF5NO2. The van der Waals surface area contributed by atoms with E-state index in [0.29, 0.717) is 4.60 Å². The number of rotatable bonds is 4. The van der Waals surface area contributed by atoms with Crippen molar-refractivity contribution in [2.24, 2.45) is 0 Å². The van der Waals surface area contributed by atoms with Crippen LogP contribution in [0.5, 0.6) is 5.75 Å². The number of alkyl halides is 5. The SMILES string of the molecule is FC(F)(F)OC(F)(F)COc1ccc(Br)nc1. The average molecular weight is 322 g/mol. The standard InChI is InChI=1S/C8H5BrF5NO2/c9-6-2-1-5(3-15-6)16-4-7(10,11)17-8(12,13)14/h1-3H,4H2. The summed E-state index contributed by atoms with van der Waals surface area (Å²) in [6.07, 6.45) is -8.80. The minimum absolute atomic E-state index is 0.0985. The topological polar surface area (TPSA) is 31.4 Å². The third-order valence-corrected chi connectivity index (χ3v) is 1.84. The number of ether oxygens (including phenoxy) is 2. The maximum absolute atomic E-state index is 12.6. The van der Waals surface area contributed by atoms with Crippen molar-refractivity contribution in [3.63, 3.8) is 0 Å². The van der Waals surface area contributed by atoms with E-state index in [1.54, 1.807) is 0 Å². The van der Waals surface area contributed by atoms with Gasteiger partial charge in [0, 0.05) is 0 Å². The molecule has 1 rings (SSSR count). The van der Waals surface area contributed by atoms with Crippen molar-refractivity contribution >= 4 is 15.9 Å². The highest BCUT2D eigenvalue weighted by Crippen LogP contribution is 2.28. The fraction of sp³-hybridized carbons (Fsp3) is 0.375. The number of aromatic nitrogens is 1. The van der Waals surface area contributed by atoms with Crippen LogP contribution in [0.1, 0.15) is 0 Å². The average Bonchev–Trinajstić information content (AvgIpc) is 2.13. The van der Waals surface area contributed by atoms with Crippen molar-refractivity contribution in [1.29, 1.82) is 0 Å². The quantitative estimate of drug-likeness (QED) is 0.629. The minimum atomic E-state index is -5.43. The molecule has 0 amide bonds. The summed E-state index contributed by atoms with van der Waals surface area (Å²) in [5.41, 5.74) is 0. The van der Waals surface area contributed by atoms with Gasteiger partial charge in [0.2, 0.25) is 0 Å². The first-order valence-corrected chi connectivity index (χ1v) is 4.86. The Kier molecular flexibility index (Phi) is 4.26. The highest BCUT2D eigenvalue weighted by Gasteiger charge is 2.45. The van der Waals surface area contributed by atoms with Crippen LogP contribution in [-0.2, 0) is 4.74 Å². The summed E-state index contributed by atoms with van der Waals surface area (Å²) in [5, 5.41) is 0. The van der Waals surface area contributed by atoms with Gasteiger partial charge in [-0.1, -0.05) is 0 Å². The summed E-state index contributed by atoms with van der Waals surface area (Å²) < 4.78 is 67.3. The third kappa shape index (κ3) is 5.78. The van der Waals surface area contributed by atoms with Crippen LogP contribution in [0, 0.1) is 0 Å². The van der Waals surface area contributed by atoms with Gasteiger partial charge in [-0.2, -0.15) is 8.78 Å². The normalized spacial score (nSPS) is 12.6. The molecular weight excluding hydrogens is 317 g/mol. The fourth-order valence-electron chi connectivity index (χ4n) is 0.814. The number of halogens is 6. The van der Waals surface area contributed by atoms with Crippen LogP contribution in [0.2, 0.25) is 0 Å². The molecule has 0 spiro atoms. The molecule has 1 aromatic heterocycles. The fourth-order valence-corrected chi connectivity index (χ4v) is 1.05. The van der Waals surface area contributed by atoms with E-state index < -0.39 is 19.1 Å². The highest BCUT2D eigenvalue weighted by atomic mass is 79.9. The molecule has 0 saturated heterocycles. The van der Waals surface area contributed by atoms with Crippen molar-refractivity contribution in [1.82, 2.24) is 4.98 Å². The van der Waals surface area contributed by atoms with Crippen molar-refractivity contribution in [3.8, 4) is 5.75 Å². The van der Waals surface area contributed by atoms with Gasteiger partial charge in [0.25, 0.3) is 0 Å². The lowest BCUT2D eigenvalue weighted by Crippen LogP contribution is -2.35. The summed E-state index contributed by atoms with van der Waals surface area (Å²) >= 11 is 2.99. The Bertz CT molecular complexity index is 367. The maximum Gasteiger partial charge on any atom is 0.527 e. The second-order valence-electron chi connectivity index (χ2n) is 2.79. The van der Waals surface area contributed by atoms with E-state index in [1.807, 2.05) is 0 Å². The molecule has 0 unspecified atom stereocenters. The predicted octanol–water partition coefficient (Wildman–Crippen LogP) is 3.35. The first-order chi connectivity index (χ1) is 7.68. The first-order valence-electron chi connectivity index (χ1n) is 4.07. The highest BCUT2D eigenvalue weighted by molar-refractivity contribution is 9.10. The van der Waals surface area contributed by atoms with E-state index in [2.05, 4.69) is 30.4 Å². The number of hydrogen-bond acceptors (Lipinski definition) is 3. The Morgan fingerprint density at radius 2 is 1.82 bits per heavy atom. The summed E-state index contributed by atoms with van der Waals surface area (Å²) in [7, 11) is 0. The van der Waals surface area contributed by atoms with Crippen LogP contribution in [0.3, 0.4) is 0 Å². The molecule has 17 heavy (non-hydrogen) atoms. The van der Waals surface area contributed by atoms with Crippen LogP contribution in [-0.4, -0.2) is 24.1 Å². The van der Waals surface area contributed by atoms with Gasteiger partial charge in [-0.25, -0.2) is 9.72 Å². The smallest absolute Gasteiger partial charge is 0.483 e. The molecule has 0 aliphatic carbocycles. The van der Waals surface area contributed by atoms with Crippen LogP contribution >= 0.6 is 15.9 Å². The Labute approximate surface area is 101 Å².